The molecule has 0 spiro atoms. The third kappa shape index (κ3) is 3.53. The lowest BCUT2D eigenvalue weighted by molar-refractivity contribution is -0.134. The van der Waals surface area contributed by atoms with Crippen LogP contribution in [0.25, 0.3) is 0 Å². The first-order chi connectivity index (χ1) is 9.08. The number of nitrogens with one attached hydrogen (secondary N) is 1. The molecule has 1 heterocycles. The van der Waals surface area contributed by atoms with E-state index in [1.807, 2.05) is 6.07 Å². The number of nitrogens with zero attached hydrogens (tertiary/aromatic N) is 1. The van der Waals surface area contributed by atoms with E-state index in [9.17, 15) is 9.18 Å². The molecule has 0 bridgehead atoms. The molecule has 1 fully saturated rings. The Morgan fingerprint density at radius 2 is 2.32 bits per heavy atom. The molecule has 1 aromatic carbocycles. The first-order valence-corrected chi connectivity index (χ1v) is 6.80. The van der Waals surface area contributed by atoms with Gasteiger partial charge in [0.25, 0.3) is 0 Å². The Bertz CT molecular complexity index is 450. The van der Waals surface area contributed by atoms with Crippen LogP contribution in [0.4, 0.5) is 4.39 Å². The number of piperidine rings is 1. The Kier molecular flexibility index (Phi) is 4.53. The van der Waals surface area contributed by atoms with Crippen molar-refractivity contribution >= 4 is 5.91 Å². The number of carbonyl (C=O) groups is 1. The van der Waals surface area contributed by atoms with Gasteiger partial charge in [-0.1, -0.05) is 19.1 Å². The molecular weight excluding hydrogens is 243 g/mol. The van der Waals surface area contributed by atoms with Gasteiger partial charge in [0.1, 0.15) is 5.82 Å². The van der Waals surface area contributed by atoms with Gasteiger partial charge in [0.05, 0.1) is 6.04 Å². The minimum absolute atomic E-state index is 0.0939. The topological polar surface area (TPSA) is 32.3 Å². The SMILES string of the molecule is CC1CCCNC1C(=O)N(C)Cc1cccc(F)c1. The van der Waals surface area contributed by atoms with Crippen LogP contribution in [0.5, 0.6) is 0 Å². The Labute approximate surface area is 113 Å². The van der Waals surface area contributed by atoms with Gasteiger partial charge in [0.15, 0.2) is 0 Å². The van der Waals surface area contributed by atoms with Gasteiger partial charge in [-0.2, -0.15) is 0 Å². The van der Waals surface area contributed by atoms with Gasteiger partial charge in [-0.25, -0.2) is 4.39 Å². The van der Waals surface area contributed by atoms with Crippen molar-refractivity contribution in [3.05, 3.63) is 35.6 Å². The highest BCUT2D eigenvalue weighted by atomic mass is 19.1. The van der Waals surface area contributed by atoms with Crippen molar-refractivity contribution in [1.82, 2.24) is 10.2 Å². The van der Waals surface area contributed by atoms with Crippen LogP contribution < -0.4 is 5.32 Å². The molecule has 0 aromatic heterocycles. The number of halogens is 1. The van der Waals surface area contributed by atoms with Gasteiger partial charge in [-0.15, -0.1) is 0 Å². The predicted molar refractivity (Wildman–Crippen MR) is 73.1 cm³/mol. The molecule has 3 nitrogen and oxygen atoms in total. The van der Waals surface area contributed by atoms with E-state index in [4.69, 9.17) is 0 Å². The highest BCUT2D eigenvalue weighted by molar-refractivity contribution is 5.82. The molecule has 2 rings (SSSR count). The van der Waals surface area contributed by atoms with Crippen molar-refractivity contribution < 1.29 is 9.18 Å². The molecule has 1 aliphatic rings. The van der Waals surface area contributed by atoms with E-state index in [2.05, 4.69) is 12.2 Å². The minimum Gasteiger partial charge on any atom is -0.340 e. The normalized spacial score (nSPS) is 23.1. The summed E-state index contributed by atoms with van der Waals surface area (Å²) in [4.78, 5) is 14.0. The molecule has 19 heavy (non-hydrogen) atoms. The van der Waals surface area contributed by atoms with Crippen molar-refractivity contribution in [2.45, 2.75) is 32.4 Å². The second kappa shape index (κ2) is 6.15. The van der Waals surface area contributed by atoms with E-state index in [1.54, 1.807) is 18.0 Å². The molecule has 4 heteroatoms. The van der Waals surface area contributed by atoms with Crippen molar-refractivity contribution in [1.29, 1.82) is 0 Å². The van der Waals surface area contributed by atoms with Gasteiger partial charge < -0.3 is 10.2 Å². The van der Waals surface area contributed by atoms with Gasteiger partial charge in [-0.05, 0) is 43.0 Å². The van der Waals surface area contributed by atoms with Crippen LogP contribution in [-0.2, 0) is 11.3 Å². The number of rotatable bonds is 3. The van der Waals surface area contributed by atoms with Crippen molar-refractivity contribution in [3.8, 4) is 0 Å². The quantitative estimate of drug-likeness (QED) is 0.907. The molecule has 104 valence electrons. The fourth-order valence-electron chi connectivity index (χ4n) is 2.60. The van der Waals surface area contributed by atoms with Crippen LogP contribution in [-0.4, -0.2) is 30.4 Å². The Hall–Kier alpha value is -1.42. The average molecular weight is 264 g/mol. The Morgan fingerprint density at radius 3 is 3.00 bits per heavy atom. The Balaban J connectivity index is 1.99. The number of carbonyl (C=O) groups excluding carboxylic acids is 1. The fraction of sp³-hybridized carbons (Fsp3) is 0.533. The summed E-state index contributed by atoms with van der Waals surface area (Å²) < 4.78 is 13.1. The molecule has 1 amide bonds. The Morgan fingerprint density at radius 1 is 1.53 bits per heavy atom. The minimum atomic E-state index is -0.262. The lowest BCUT2D eigenvalue weighted by Gasteiger charge is -2.32. The van der Waals surface area contributed by atoms with Crippen molar-refractivity contribution in [2.24, 2.45) is 5.92 Å². The van der Waals surface area contributed by atoms with Crippen LogP contribution >= 0.6 is 0 Å². The third-order valence-electron chi connectivity index (χ3n) is 3.72. The maximum Gasteiger partial charge on any atom is 0.240 e. The van der Waals surface area contributed by atoms with Crippen LogP contribution in [0.3, 0.4) is 0 Å². The third-order valence-corrected chi connectivity index (χ3v) is 3.72. The zero-order valence-corrected chi connectivity index (χ0v) is 11.5. The molecule has 0 aliphatic carbocycles. The smallest absolute Gasteiger partial charge is 0.240 e. The maximum absolute atomic E-state index is 13.1. The summed E-state index contributed by atoms with van der Waals surface area (Å²) in [5.41, 5.74) is 0.819. The highest BCUT2D eigenvalue weighted by Crippen LogP contribution is 2.18. The zero-order chi connectivity index (χ0) is 13.8. The molecule has 1 aliphatic heterocycles. The summed E-state index contributed by atoms with van der Waals surface area (Å²) in [6, 6.07) is 6.29. The summed E-state index contributed by atoms with van der Waals surface area (Å²) in [6.45, 7) is 3.45. The summed E-state index contributed by atoms with van der Waals surface area (Å²) in [6.07, 6.45) is 2.20. The first kappa shape index (κ1) is 14.0. The molecule has 1 aromatic rings. The highest BCUT2D eigenvalue weighted by Gasteiger charge is 2.29. The van der Waals surface area contributed by atoms with Crippen molar-refractivity contribution in [2.75, 3.05) is 13.6 Å². The summed E-state index contributed by atoms with van der Waals surface area (Å²) >= 11 is 0. The number of likely N-dealkylation sites (N-methyl/N-ethyl adjacent to an activating group) is 1. The molecule has 0 saturated carbocycles. The monoisotopic (exact) mass is 264 g/mol. The fourth-order valence-corrected chi connectivity index (χ4v) is 2.60. The van der Waals surface area contributed by atoms with Crippen LogP contribution in [0.1, 0.15) is 25.3 Å². The van der Waals surface area contributed by atoms with Gasteiger partial charge in [0, 0.05) is 13.6 Å². The van der Waals surface area contributed by atoms with Gasteiger partial charge in [0.2, 0.25) is 5.91 Å². The number of benzene rings is 1. The van der Waals surface area contributed by atoms with Crippen LogP contribution in [0, 0.1) is 11.7 Å². The summed E-state index contributed by atoms with van der Waals surface area (Å²) in [5.74, 6) is 0.190. The molecule has 0 radical (unpaired) electrons. The van der Waals surface area contributed by atoms with Gasteiger partial charge >= 0.3 is 0 Å². The van der Waals surface area contributed by atoms with Crippen LogP contribution in [0.2, 0.25) is 0 Å². The molecule has 2 atom stereocenters. The molecule has 2 unspecified atom stereocenters. The van der Waals surface area contributed by atoms with E-state index in [0.29, 0.717) is 12.5 Å². The van der Waals surface area contributed by atoms with Crippen molar-refractivity contribution in [3.63, 3.8) is 0 Å². The molecule has 1 N–H and O–H groups in total. The molecular formula is C15H21FN2O. The van der Waals surface area contributed by atoms with E-state index in [0.717, 1.165) is 24.9 Å². The van der Waals surface area contributed by atoms with Crippen LogP contribution in [0.15, 0.2) is 24.3 Å². The van der Waals surface area contributed by atoms with E-state index in [-0.39, 0.29) is 17.8 Å². The lowest BCUT2D eigenvalue weighted by Crippen LogP contribution is -2.51. The maximum atomic E-state index is 13.1. The number of amides is 1. The second-order valence-corrected chi connectivity index (χ2v) is 5.38. The van der Waals surface area contributed by atoms with E-state index < -0.39 is 0 Å². The predicted octanol–water partition coefficient (Wildman–Crippen LogP) is 2.17. The van der Waals surface area contributed by atoms with E-state index in [1.165, 1.54) is 12.1 Å². The van der Waals surface area contributed by atoms with E-state index >= 15 is 0 Å². The second-order valence-electron chi connectivity index (χ2n) is 5.38. The average Bonchev–Trinajstić information content (AvgIpc) is 2.38. The summed E-state index contributed by atoms with van der Waals surface area (Å²) in [7, 11) is 1.77. The molecule has 1 saturated heterocycles. The number of hydrogen-bond acceptors (Lipinski definition) is 2. The largest absolute Gasteiger partial charge is 0.340 e. The standard InChI is InChI=1S/C15H21FN2O/c1-11-5-4-8-17-14(11)15(19)18(2)10-12-6-3-7-13(16)9-12/h3,6-7,9,11,14,17H,4-5,8,10H2,1-2H3. The van der Waals surface area contributed by atoms with Gasteiger partial charge in [-0.3, -0.25) is 4.79 Å². The lowest BCUT2D eigenvalue weighted by atomic mass is 9.92. The number of hydrogen-bond donors (Lipinski definition) is 1. The summed E-state index contributed by atoms with van der Waals surface area (Å²) in [5, 5.41) is 3.28. The zero-order valence-electron chi connectivity index (χ0n) is 11.5. The first-order valence-electron chi connectivity index (χ1n) is 6.80.